The molecule has 3 heteroatoms. The lowest BCUT2D eigenvalue weighted by Crippen LogP contribution is -1.89. The van der Waals surface area contributed by atoms with Gasteiger partial charge in [-0.1, -0.05) is 29.8 Å². The van der Waals surface area contributed by atoms with Crippen molar-refractivity contribution in [3.8, 4) is 0 Å². The predicted molar refractivity (Wildman–Crippen MR) is 80.3 cm³/mol. The van der Waals surface area contributed by atoms with Gasteiger partial charge in [0.2, 0.25) is 0 Å². The molecule has 0 spiro atoms. The highest BCUT2D eigenvalue weighted by Gasteiger charge is 1.99. The molecule has 0 atom stereocenters. The van der Waals surface area contributed by atoms with Crippen LogP contribution in [0.15, 0.2) is 47.5 Å². The highest BCUT2D eigenvalue weighted by Crippen LogP contribution is 2.20. The molecule has 0 heterocycles. The molecular formula is C16H18N2O. The SMILES string of the molecule is CNc1ccc(C=Nc2ccc(C)cc2CO)cc1. The zero-order valence-electron chi connectivity index (χ0n) is 11.2. The minimum absolute atomic E-state index is 0.00699. The summed E-state index contributed by atoms with van der Waals surface area (Å²) in [6, 6.07) is 13.9. The lowest BCUT2D eigenvalue weighted by molar-refractivity contribution is 0.282. The molecule has 2 N–H and O–H groups in total. The van der Waals surface area contributed by atoms with E-state index in [1.165, 1.54) is 0 Å². The Morgan fingerprint density at radius 2 is 1.89 bits per heavy atom. The molecule has 0 amide bonds. The van der Waals surface area contributed by atoms with E-state index in [4.69, 9.17) is 0 Å². The Labute approximate surface area is 113 Å². The minimum atomic E-state index is 0.00699. The number of anilines is 1. The van der Waals surface area contributed by atoms with Gasteiger partial charge in [-0.2, -0.15) is 0 Å². The third kappa shape index (κ3) is 3.42. The van der Waals surface area contributed by atoms with Crippen LogP contribution < -0.4 is 5.32 Å². The number of hydrogen-bond acceptors (Lipinski definition) is 3. The fourth-order valence-electron chi connectivity index (χ4n) is 1.85. The first-order chi connectivity index (χ1) is 9.22. The number of nitrogens with one attached hydrogen (secondary N) is 1. The summed E-state index contributed by atoms with van der Waals surface area (Å²) in [7, 11) is 1.89. The number of hydrogen-bond donors (Lipinski definition) is 2. The molecular weight excluding hydrogens is 236 g/mol. The van der Waals surface area contributed by atoms with E-state index in [0.29, 0.717) is 0 Å². The van der Waals surface area contributed by atoms with Crippen molar-refractivity contribution in [2.45, 2.75) is 13.5 Å². The largest absolute Gasteiger partial charge is 0.392 e. The number of benzene rings is 2. The van der Waals surface area contributed by atoms with Gasteiger partial charge >= 0.3 is 0 Å². The summed E-state index contributed by atoms with van der Waals surface area (Å²) in [5.74, 6) is 0. The first-order valence-electron chi connectivity index (χ1n) is 6.25. The van der Waals surface area contributed by atoms with Gasteiger partial charge in [0.25, 0.3) is 0 Å². The molecule has 2 aromatic carbocycles. The molecule has 0 radical (unpaired) electrons. The summed E-state index contributed by atoms with van der Waals surface area (Å²) < 4.78 is 0. The molecule has 0 bridgehead atoms. The Bertz CT molecular complexity index is 574. The number of nitrogens with zero attached hydrogens (tertiary/aromatic N) is 1. The number of aliphatic imine (C=N–C) groups is 1. The van der Waals surface area contributed by atoms with Gasteiger partial charge in [0, 0.05) is 24.5 Å². The molecule has 3 nitrogen and oxygen atoms in total. The van der Waals surface area contributed by atoms with Crippen LogP contribution >= 0.6 is 0 Å². The number of aliphatic hydroxyl groups excluding tert-OH is 1. The topological polar surface area (TPSA) is 44.6 Å². The van der Waals surface area contributed by atoms with Gasteiger partial charge in [-0.15, -0.1) is 0 Å². The Balaban J connectivity index is 2.21. The number of aliphatic hydroxyl groups is 1. The summed E-state index contributed by atoms with van der Waals surface area (Å²) in [5.41, 5.74) is 4.89. The Morgan fingerprint density at radius 1 is 1.16 bits per heavy atom. The van der Waals surface area contributed by atoms with Crippen molar-refractivity contribution in [2.24, 2.45) is 4.99 Å². The molecule has 19 heavy (non-hydrogen) atoms. The van der Waals surface area contributed by atoms with E-state index in [9.17, 15) is 5.11 Å². The van der Waals surface area contributed by atoms with Gasteiger partial charge in [-0.3, -0.25) is 4.99 Å². The van der Waals surface area contributed by atoms with Crippen LogP contribution in [-0.2, 0) is 6.61 Å². The molecule has 0 saturated carbocycles. The second-order valence-corrected chi connectivity index (χ2v) is 4.42. The monoisotopic (exact) mass is 254 g/mol. The highest BCUT2D eigenvalue weighted by atomic mass is 16.3. The van der Waals surface area contributed by atoms with Gasteiger partial charge in [-0.05, 0) is 30.7 Å². The minimum Gasteiger partial charge on any atom is -0.392 e. The Hall–Kier alpha value is -2.13. The van der Waals surface area contributed by atoms with Crippen molar-refractivity contribution in [2.75, 3.05) is 12.4 Å². The van der Waals surface area contributed by atoms with E-state index < -0.39 is 0 Å². The highest BCUT2D eigenvalue weighted by molar-refractivity contribution is 5.82. The van der Waals surface area contributed by atoms with Crippen LogP contribution in [-0.4, -0.2) is 18.4 Å². The lowest BCUT2D eigenvalue weighted by Gasteiger charge is -2.04. The van der Waals surface area contributed by atoms with Crippen molar-refractivity contribution in [3.63, 3.8) is 0 Å². The molecule has 0 aliphatic carbocycles. The van der Waals surface area contributed by atoms with E-state index in [-0.39, 0.29) is 6.61 Å². The Morgan fingerprint density at radius 3 is 2.53 bits per heavy atom. The molecule has 0 aliphatic heterocycles. The van der Waals surface area contributed by atoms with Crippen LogP contribution in [0.25, 0.3) is 0 Å². The summed E-state index contributed by atoms with van der Waals surface area (Å²) in [6.07, 6.45) is 1.81. The van der Waals surface area contributed by atoms with Gasteiger partial charge < -0.3 is 10.4 Å². The number of aryl methyl sites for hydroxylation is 1. The van der Waals surface area contributed by atoms with Crippen molar-refractivity contribution >= 4 is 17.6 Å². The Kier molecular flexibility index (Phi) is 4.31. The first kappa shape index (κ1) is 13.3. The first-order valence-corrected chi connectivity index (χ1v) is 6.25. The van der Waals surface area contributed by atoms with E-state index in [1.54, 1.807) is 0 Å². The lowest BCUT2D eigenvalue weighted by atomic mass is 10.1. The molecule has 0 fully saturated rings. The predicted octanol–water partition coefficient (Wildman–Crippen LogP) is 3.28. The fraction of sp³-hybridized carbons (Fsp3) is 0.188. The molecule has 0 aromatic heterocycles. The third-order valence-electron chi connectivity index (χ3n) is 2.96. The van der Waals surface area contributed by atoms with Crippen LogP contribution in [0, 0.1) is 6.92 Å². The zero-order chi connectivity index (χ0) is 13.7. The van der Waals surface area contributed by atoms with Crippen LogP contribution in [0.4, 0.5) is 11.4 Å². The van der Waals surface area contributed by atoms with Gasteiger partial charge in [0.15, 0.2) is 0 Å². The van der Waals surface area contributed by atoms with Crippen LogP contribution in [0.3, 0.4) is 0 Å². The summed E-state index contributed by atoms with van der Waals surface area (Å²) in [6.45, 7) is 2.01. The van der Waals surface area contributed by atoms with Crippen molar-refractivity contribution in [1.82, 2.24) is 0 Å². The van der Waals surface area contributed by atoms with Crippen molar-refractivity contribution < 1.29 is 5.11 Å². The van der Waals surface area contributed by atoms with E-state index in [0.717, 1.165) is 28.1 Å². The van der Waals surface area contributed by atoms with Crippen LogP contribution in [0.2, 0.25) is 0 Å². The fourth-order valence-corrected chi connectivity index (χ4v) is 1.85. The maximum absolute atomic E-state index is 9.33. The summed E-state index contributed by atoms with van der Waals surface area (Å²) >= 11 is 0. The molecule has 0 saturated heterocycles. The summed E-state index contributed by atoms with van der Waals surface area (Å²) in [5, 5.41) is 12.4. The average molecular weight is 254 g/mol. The molecule has 0 unspecified atom stereocenters. The van der Waals surface area contributed by atoms with Gasteiger partial charge in [0.1, 0.15) is 0 Å². The van der Waals surface area contributed by atoms with Gasteiger partial charge in [-0.25, -0.2) is 0 Å². The second kappa shape index (κ2) is 6.16. The quantitative estimate of drug-likeness (QED) is 0.822. The number of rotatable bonds is 4. The normalized spacial score (nSPS) is 10.9. The third-order valence-corrected chi connectivity index (χ3v) is 2.96. The van der Waals surface area contributed by atoms with Crippen LogP contribution in [0.1, 0.15) is 16.7 Å². The maximum Gasteiger partial charge on any atom is 0.0703 e. The van der Waals surface area contributed by atoms with Crippen molar-refractivity contribution in [1.29, 1.82) is 0 Å². The maximum atomic E-state index is 9.33. The molecule has 0 aliphatic rings. The van der Waals surface area contributed by atoms with E-state index >= 15 is 0 Å². The van der Waals surface area contributed by atoms with E-state index in [2.05, 4.69) is 10.3 Å². The summed E-state index contributed by atoms with van der Waals surface area (Å²) in [4.78, 5) is 4.44. The standard InChI is InChI=1S/C16H18N2O/c1-12-3-8-16(14(9-12)11-19)18-10-13-4-6-15(17-2)7-5-13/h3-10,17,19H,11H2,1-2H3. The molecule has 2 aromatic rings. The van der Waals surface area contributed by atoms with Gasteiger partial charge in [0.05, 0.1) is 12.3 Å². The molecule has 2 rings (SSSR count). The van der Waals surface area contributed by atoms with Crippen molar-refractivity contribution in [3.05, 3.63) is 59.2 Å². The average Bonchev–Trinajstić information content (AvgIpc) is 2.46. The zero-order valence-corrected chi connectivity index (χ0v) is 11.2. The van der Waals surface area contributed by atoms with E-state index in [1.807, 2.05) is 62.7 Å². The smallest absolute Gasteiger partial charge is 0.0703 e. The second-order valence-electron chi connectivity index (χ2n) is 4.42. The molecule has 98 valence electrons. The van der Waals surface area contributed by atoms with Crippen LogP contribution in [0.5, 0.6) is 0 Å².